The summed E-state index contributed by atoms with van der Waals surface area (Å²) in [5, 5.41) is 0. The molecular formula is C15H20O. The lowest BCUT2D eigenvalue weighted by Crippen LogP contribution is -2.12. The van der Waals surface area contributed by atoms with Crippen LogP contribution in [-0.4, -0.2) is 5.78 Å². The zero-order valence-corrected chi connectivity index (χ0v) is 9.73. The SMILES string of the molecule is CCC(CC(=O)C1C=C1)Cc1ccccc1.[HH]. The number of benzene rings is 1. The van der Waals surface area contributed by atoms with Gasteiger partial charge in [0.25, 0.3) is 0 Å². The summed E-state index contributed by atoms with van der Waals surface area (Å²) in [6, 6.07) is 10.4. The molecule has 1 aliphatic rings. The van der Waals surface area contributed by atoms with Crippen molar-refractivity contribution in [2.24, 2.45) is 11.8 Å². The summed E-state index contributed by atoms with van der Waals surface area (Å²) in [6.45, 7) is 2.17. The smallest absolute Gasteiger partial charge is 0.143 e. The second-order valence-electron chi connectivity index (χ2n) is 4.55. The van der Waals surface area contributed by atoms with Crippen molar-refractivity contribution in [3.63, 3.8) is 0 Å². The Balaban J connectivity index is 0.00000144. The largest absolute Gasteiger partial charge is 0.299 e. The van der Waals surface area contributed by atoms with Crippen LogP contribution in [0.3, 0.4) is 0 Å². The van der Waals surface area contributed by atoms with E-state index in [1.165, 1.54) is 5.56 Å². The van der Waals surface area contributed by atoms with Gasteiger partial charge in [0, 0.05) is 7.85 Å². The van der Waals surface area contributed by atoms with E-state index in [2.05, 4.69) is 31.2 Å². The third kappa shape index (κ3) is 3.06. The molecule has 0 heterocycles. The number of carbonyl (C=O) groups excluding carboxylic acids is 1. The van der Waals surface area contributed by atoms with Crippen LogP contribution in [0.4, 0.5) is 0 Å². The van der Waals surface area contributed by atoms with E-state index in [1.807, 2.05) is 18.2 Å². The summed E-state index contributed by atoms with van der Waals surface area (Å²) in [7, 11) is 0. The van der Waals surface area contributed by atoms with Crippen molar-refractivity contribution < 1.29 is 6.22 Å². The van der Waals surface area contributed by atoms with E-state index < -0.39 is 0 Å². The molecular weight excluding hydrogens is 196 g/mol. The Kier molecular flexibility index (Phi) is 3.55. The van der Waals surface area contributed by atoms with E-state index in [0.29, 0.717) is 11.7 Å². The Morgan fingerprint density at radius 1 is 1.31 bits per heavy atom. The van der Waals surface area contributed by atoms with Crippen molar-refractivity contribution in [3.05, 3.63) is 48.0 Å². The van der Waals surface area contributed by atoms with Gasteiger partial charge in [-0.05, 0) is 17.9 Å². The van der Waals surface area contributed by atoms with Gasteiger partial charge in [0.05, 0.1) is 5.92 Å². The van der Waals surface area contributed by atoms with Gasteiger partial charge in [0.15, 0.2) is 0 Å². The van der Waals surface area contributed by atoms with Crippen molar-refractivity contribution in [2.75, 3.05) is 0 Å². The Morgan fingerprint density at radius 3 is 2.56 bits per heavy atom. The third-order valence-electron chi connectivity index (χ3n) is 3.19. The molecule has 1 nitrogen and oxygen atoms in total. The first kappa shape index (κ1) is 11.1. The van der Waals surface area contributed by atoms with Crippen LogP contribution in [0.1, 0.15) is 26.8 Å². The van der Waals surface area contributed by atoms with E-state index in [9.17, 15) is 4.79 Å². The molecule has 0 bridgehead atoms. The fourth-order valence-corrected chi connectivity index (χ4v) is 2.00. The first-order valence-electron chi connectivity index (χ1n) is 6.04. The number of ketones is 1. The second kappa shape index (κ2) is 5.11. The standard InChI is InChI=1S/C15H18O.H2/c1-2-12(11-15(16)14-8-9-14)10-13-6-4-3-5-7-13;/h3-9,12,14H,2,10-11H2,1H3;1H. The average molecular weight is 216 g/mol. The van der Waals surface area contributed by atoms with Crippen molar-refractivity contribution in [1.82, 2.24) is 0 Å². The average Bonchev–Trinajstić information content (AvgIpc) is 3.13. The molecule has 0 saturated carbocycles. The first-order chi connectivity index (χ1) is 7.79. The van der Waals surface area contributed by atoms with E-state index in [1.54, 1.807) is 0 Å². The molecule has 1 atom stereocenters. The van der Waals surface area contributed by atoms with Gasteiger partial charge in [-0.2, -0.15) is 0 Å². The molecule has 0 aromatic heterocycles. The van der Waals surface area contributed by atoms with E-state index in [4.69, 9.17) is 0 Å². The molecule has 1 heteroatoms. The first-order valence-corrected chi connectivity index (χ1v) is 6.04. The van der Waals surface area contributed by atoms with Crippen LogP contribution in [0.2, 0.25) is 0 Å². The van der Waals surface area contributed by atoms with E-state index in [0.717, 1.165) is 19.3 Å². The third-order valence-corrected chi connectivity index (χ3v) is 3.19. The zero-order valence-electron chi connectivity index (χ0n) is 9.73. The van der Waals surface area contributed by atoms with Gasteiger partial charge in [-0.25, -0.2) is 0 Å². The number of allylic oxidation sites excluding steroid dienone is 2. The lowest BCUT2D eigenvalue weighted by atomic mass is 9.91. The molecule has 0 fully saturated rings. The highest BCUT2D eigenvalue weighted by Crippen LogP contribution is 2.24. The predicted octanol–water partition coefficient (Wildman–Crippen LogP) is 3.65. The minimum Gasteiger partial charge on any atom is -0.299 e. The molecule has 0 radical (unpaired) electrons. The normalized spacial score (nSPS) is 16.1. The number of hydrogen-bond donors (Lipinski definition) is 0. The summed E-state index contributed by atoms with van der Waals surface area (Å²) >= 11 is 0. The molecule has 0 spiro atoms. The van der Waals surface area contributed by atoms with Crippen molar-refractivity contribution in [2.45, 2.75) is 26.2 Å². The van der Waals surface area contributed by atoms with Crippen LogP contribution in [0.25, 0.3) is 0 Å². The van der Waals surface area contributed by atoms with Crippen LogP contribution in [0.5, 0.6) is 0 Å². The lowest BCUT2D eigenvalue weighted by molar-refractivity contribution is -0.120. The van der Waals surface area contributed by atoms with Crippen LogP contribution < -0.4 is 0 Å². The van der Waals surface area contributed by atoms with E-state index in [-0.39, 0.29) is 7.34 Å². The fourth-order valence-electron chi connectivity index (χ4n) is 2.00. The quantitative estimate of drug-likeness (QED) is 0.663. The maximum absolute atomic E-state index is 11.7. The summed E-state index contributed by atoms with van der Waals surface area (Å²) in [5.74, 6) is 1.06. The van der Waals surface area contributed by atoms with E-state index >= 15 is 0 Å². The van der Waals surface area contributed by atoms with Gasteiger partial charge in [-0.15, -0.1) is 0 Å². The van der Waals surface area contributed by atoms with Crippen LogP contribution in [0.15, 0.2) is 42.5 Å². The maximum Gasteiger partial charge on any atom is 0.143 e. The van der Waals surface area contributed by atoms with Crippen molar-refractivity contribution in [3.8, 4) is 0 Å². The summed E-state index contributed by atoms with van der Waals surface area (Å²) in [4.78, 5) is 11.7. The topological polar surface area (TPSA) is 17.1 Å². The van der Waals surface area contributed by atoms with Crippen molar-refractivity contribution in [1.29, 1.82) is 0 Å². The van der Waals surface area contributed by atoms with Gasteiger partial charge in [0.2, 0.25) is 0 Å². The molecule has 16 heavy (non-hydrogen) atoms. The van der Waals surface area contributed by atoms with Gasteiger partial charge in [-0.3, -0.25) is 4.79 Å². The predicted molar refractivity (Wildman–Crippen MR) is 68.3 cm³/mol. The highest BCUT2D eigenvalue weighted by Gasteiger charge is 2.23. The number of hydrogen-bond acceptors (Lipinski definition) is 1. The molecule has 1 aromatic carbocycles. The summed E-state index contributed by atoms with van der Waals surface area (Å²) in [5.41, 5.74) is 1.34. The fraction of sp³-hybridized carbons (Fsp3) is 0.400. The Labute approximate surface area is 98.7 Å². The van der Waals surface area contributed by atoms with Gasteiger partial charge >= 0.3 is 0 Å². The molecule has 0 amide bonds. The molecule has 86 valence electrons. The molecule has 1 aliphatic carbocycles. The van der Waals surface area contributed by atoms with Gasteiger partial charge in [-0.1, -0.05) is 55.8 Å². The number of Topliss-reactive ketones (excluding diaryl/α,β-unsaturated/α-hetero) is 1. The number of carbonyl (C=O) groups is 1. The van der Waals surface area contributed by atoms with Crippen LogP contribution >= 0.6 is 0 Å². The molecule has 1 unspecified atom stereocenters. The van der Waals surface area contributed by atoms with Crippen molar-refractivity contribution >= 4 is 5.78 Å². The molecule has 1 aromatic rings. The lowest BCUT2D eigenvalue weighted by Gasteiger charge is -2.13. The summed E-state index contributed by atoms with van der Waals surface area (Å²) < 4.78 is 0. The Bertz CT molecular complexity index is 377. The number of rotatable bonds is 6. The Morgan fingerprint density at radius 2 is 2.00 bits per heavy atom. The molecule has 0 aliphatic heterocycles. The highest BCUT2D eigenvalue weighted by molar-refractivity contribution is 5.88. The Hall–Kier alpha value is -1.37. The second-order valence-corrected chi connectivity index (χ2v) is 4.55. The molecule has 0 saturated heterocycles. The van der Waals surface area contributed by atoms with Crippen LogP contribution in [0, 0.1) is 11.8 Å². The molecule has 0 N–H and O–H groups in total. The maximum atomic E-state index is 11.7. The zero-order chi connectivity index (χ0) is 11.4. The monoisotopic (exact) mass is 216 g/mol. The minimum absolute atomic E-state index is 0. The van der Waals surface area contributed by atoms with Crippen LogP contribution in [-0.2, 0) is 11.2 Å². The van der Waals surface area contributed by atoms with Gasteiger partial charge < -0.3 is 0 Å². The highest BCUT2D eigenvalue weighted by atomic mass is 16.1. The molecule has 2 rings (SSSR count). The summed E-state index contributed by atoms with van der Waals surface area (Å²) in [6.07, 6.45) is 6.79. The minimum atomic E-state index is 0. The van der Waals surface area contributed by atoms with Gasteiger partial charge in [0.1, 0.15) is 5.78 Å².